The third kappa shape index (κ3) is 3.30. The Kier molecular flexibility index (Phi) is 4.73. The summed E-state index contributed by atoms with van der Waals surface area (Å²) < 4.78 is 29.7. The zero-order chi connectivity index (χ0) is 18.9. The van der Waals surface area contributed by atoms with Gasteiger partial charge in [-0.25, -0.2) is 4.68 Å². The largest absolute Gasteiger partial charge is 0.310 e. The van der Waals surface area contributed by atoms with Crippen LogP contribution in [0.15, 0.2) is 55.0 Å². The second kappa shape index (κ2) is 6.84. The lowest BCUT2D eigenvalue weighted by molar-refractivity contribution is 0.00931. The SMILES string of the molecule is CN(C(=O)c1cnn(-c2ccccc2Cl)c1C(C)(F)F)c1cccnc1. The number of amides is 1. The Morgan fingerprint density at radius 1 is 1.19 bits per heavy atom. The fraction of sp³-hybridized carbons (Fsp3) is 0.167. The second-order valence-electron chi connectivity index (χ2n) is 5.73. The van der Waals surface area contributed by atoms with Crippen LogP contribution in [0.25, 0.3) is 5.69 Å². The average Bonchev–Trinajstić information content (AvgIpc) is 3.07. The first-order chi connectivity index (χ1) is 12.3. The Morgan fingerprint density at radius 3 is 2.54 bits per heavy atom. The molecule has 0 radical (unpaired) electrons. The lowest BCUT2D eigenvalue weighted by Gasteiger charge is -2.20. The zero-order valence-corrected chi connectivity index (χ0v) is 14.8. The predicted molar refractivity (Wildman–Crippen MR) is 95.1 cm³/mol. The molecule has 0 aliphatic heterocycles. The zero-order valence-electron chi connectivity index (χ0n) is 14.0. The van der Waals surface area contributed by atoms with E-state index in [0.717, 1.165) is 17.8 Å². The van der Waals surface area contributed by atoms with Gasteiger partial charge in [0.2, 0.25) is 0 Å². The highest BCUT2D eigenvalue weighted by molar-refractivity contribution is 6.32. The first-order valence-corrected chi connectivity index (χ1v) is 8.08. The van der Waals surface area contributed by atoms with Gasteiger partial charge in [-0.15, -0.1) is 0 Å². The van der Waals surface area contributed by atoms with Crippen LogP contribution in [0.3, 0.4) is 0 Å². The quantitative estimate of drug-likeness (QED) is 0.681. The van der Waals surface area contributed by atoms with Crippen molar-refractivity contribution in [2.45, 2.75) is 12.8 Å². The molecule has 0 atom stereocenters. The lowest BCUT2D eigenvalue weighted by atomic mass is 10.1. The summed E-state index contributed by atoms with van der Waals surface area (Å²) in [6.07, 6.45) is 4.16. The molecule has 0 saturated carbocycles. The number of benzene rings is 1. The molecule has 0 unspecified atom stereocenters. The number of anilines is 1. The van der Waals surface area contributed by atoms with E-state index in [1.165, 1.54) is 18.1 Å². The fourth-order valence-electron chi connectivity index (χ4n) is 2.58. The molecule has 26 heavy (non-hydrogen) atoms. The molecule has 2 heterocycles. The van der Waals surface area contributed by atoms with E-state index < -0.39 is 17.5 Å². The summed E-state index contributed by atoms with van der Waals surface area (Å²) in [7, 11) is 1.49. The number of nitrogens with zero attached hydrogens (tertiary/aromatic N) is 4. The van der Waals surface area contributed by atoms with Crippen LogP contribution < -0.4 is 4.90 Å². The molecule has 0 spiro atoms. The molecule has 0 bridgehead atoms. The average molecular weight is 377 g/mol. The molecular formula is C18H15ClF2N4O. The molecule has 0 fully saturated rings. The Balaban J connectivity index is 2.12. The van der Waals surface area contributed by atoms with Gasteiger partial charge in [0.15, 0.2) is 0 Å². The van der Waals surface area contributed by atoms with Crippen LogP contribution in [0.5, 0.6) is 0 Å². The van der Waals surface area contributed by atoms with Crippen LogP contribution in [0.4, 0.5) is 14.5 Å². The standard InChI is InChI=1S/C18H15ClF2N4O/c1-18(20,21)16-13(17(26)24(2)12-6-5-9-22-10-12)11-23-25(16)15-8-4-3-7-14(15)19/h3-11H,1-2H3. The van der Waals surface area contributed by atoms with Crippen molar-refractivity contribution >= 4 is 23.2 Å². The summed E-state index contributed by atoms with van der Waals surface area (Å²) >= 11 is 6.12. The maximum atomic E-state index is 14.4. The molecule has 2 aromatic heterocycles. The van der Waals surface area contributed by atoms with Gasteiger partial charge in [0.1, 0.15) is 5.69 Å². The molecule has 0 aliphatic rings. The first kappa shape index (κ1) is 18.0. The van der Waals surface area contributed by atoms with Gasteiger partial charge in [0, 0.05) is 20.2 Å². The number of hydrogen-bond donors (Lipinski definition) is 0. The summed E-state index contributed by atoms with van der Waals surface area (Å²) in [4.78, 5) is 18.0. The molecule has 0 N–H and O–H groups in total. The van der Waals surface area contributed by atoms with Crippen LogP contribution in [0, 0.1) is 0 Å². The number of carbonyl (C=O) groups is 1. The topological polar surface area (TPSA) is 51.0 Å². The van der Waals surface area contributed by atoms with E-state index >= 15 is 0 Å². The number of carbonyl (C=O) groups excluding carboxylic acids is 1. The van der Waals surface area contributed by atoms with Crippen LogP contribution in [0.1, 0.15) is 23.0 Å². The minimum absolute atomic E-state index is 0.205. The van der Waals surface area contributed by atoms with Gasteiger partial charge >= 0.3 is 0 Å². The fourth-order valence-corrected chi connectivity index (χ4v) is 2.80. The normalized spacial score (nSPS) is 11.4. The van der Waals surface area contributed by atoms with Gasteiger partial charge in [-0.1, -0.05) is 23.7 Å². The van der Waals surface area contributed by atoms with Crippen molar-refractivity contribution in [1.82, 2.24) is 14.8 Å². The van der Waals surface area contributed by atoms with Gasteiger partial charge in [0.05, 0.1) is 34.4 Å². The van der Waals surface area contributed by atoms with Crippen molar-refractivity contribution < 1.29 is 13.6 Å². The van der Waals surface area contributed by atoms with E-state index in [9.17, 15) is 13.6 Å². The number of alkyl halides is 2. The molecule has 3 rings (SSSR count). The molecular weight excluding hydrogens is 362 g/mol. The molecule has 5 nitrogen and oxygen atoms in total. The van der Waals surface area contributed by atoms with Crippen LogP contribution in [-0.2, 0) is 5.92 Å². The molecule has 1 aromatic carbocycles. The summed E-state index contributed by atoms with van der Waals surface area (Å²) in [5.74, 6) is -3.93. The second-order valence-corrected chi connectivity index (χ2v) is 6.14. The van der Waals surface area contributed by atoms with Crippen LogP contribution in [0.2, 0.25) is 5.02 Å². The Labute approximate surface area is 153 Å². The lowest BCUT2D eigenvalue weighted by Crippen LogP contribution is -2.29. The maximum Gasteiger partial charge on any atom is 0.287 e. The van der Waals surface area contributed by atoms with E-state index in [-0.39, 0.29) is 16.3 Å². The van der Waals surface area contributed by atoms with Gasteiger partial charge in [-0.05, 0) is 24.3 Å². The van der Waals surface area contributed by atoms with Crippen molar-refractivity contribution in [2.75, 3.05) is 11.9 Å². The minimum Gasteiger partial charge on any atom is -0.310 e. The predicted octanol–water partition coefficient (Wildman–Crippen LogP) is 4.31. The van der Waals surface area contributed by atoms with Crippen molar-refractivity contribution in [3.05, 3.63) is 71.3 Å². The maximum absolute atomic E-state index is 14.4. The van der Waals surface area contributed by atoms with Crippen molar-refractivity contribution in [2.24, 2.45) is 0 Å². The van der Waals surface area contributed by atoms with E-state index in [1.54, 1.807) is 42.6 Å². The number of halogens is 3. The summed E-state index contributed by atoms with van der Waals surface area (Å²) in [6.45, 7) is 0.720. The Morgan fingerprint density at radius 2 is 1.92 bits per heavy atom. The Hall–Kier alpha value is -2.80. The molecule has 3 aromatic rings. The van der Waals surface area contributed by atoms with E-state index in [4.69, 9.17) is 11.6 Å². The van der Waals surface area contributed by atoms with Crippen molar-refractivity contribution in [1.29, 1.82) is 0 Å². The van der Waals surface area contributed by atoms with Crippen molar-refractivity contribution in [3.8, 4) is 5.69 Å². The number of para-hydroxylation sites is 1. The highest BCUT2D eigenvalue weighted by atomic mass is 35.5. The van der Waals surface area contributed by atoms with Crippen LogP contribution in [-0.4, -0.2) is 27.7 Å². The van der Waals surface area contributed by atoms with E-state index in [0.29, 0.717) is 5.69 Å². The molecule has 0 saturated heterocycles. The van der Waals surface area contributed by atoms with Crippen LogP contribution >= 0.6 is 11.6 Å². The highest BCUT2D eigenvalue weighted by Crippen LogP contribution is 2.34. The summed E-state index contributed by atoms with van der Waals surface area (Å²) in [6, 6.07) is 9.78. The number of hydrogen-bond acceptors (Lipinski definition) is 3. The molecule has 0 aliphatic carbocycles. The van der Waals surface area contributed by atoms with E-state index in [1.807, 2.05) is 0 Å². The number of aromatic nitrogens is 3. The third-order valence-corrected chi connectivity index (χ3v) is 4.15. The monoisotopic (exact) mass is 376 g/mol. The summed E-state index contributed by atoms with van der Waals surface area (Å²) in [5, 5.41) is 4.25. The van der Waals surface area contributed by atoms with Gasteiger partial charge in [0.25, 0.3) is 11.8 Å². The van der Waals surface area contributed by atoms with Gasteiger partial charge in [-0.2, -0.15) is 13.9 Å². The molecule has 8 heteroatoms. The number of rotatable bonds is 4. The first-order valence-electron chi connectivity index (χ1n) is 7.70. The highest BCUT2D eigenvalue weighted by Gasteiger charge is 2.37. The smallest absolute Gasteiger partial charge is 0.287 e. The van der Waals surface area contributed by atoms with Gasteiger partial charge in [-0.3, -0.25) is 9.78 Å². The molecule has 134 valence electrons. The van der Waals surface area contributed by atoms with E-state index in [2.05, 4.69) is 10.1 Å². The van der Waals surface area contributed by atoms with Crippen molar-refractivity contribution in [3.63, 3.8) is 0 Å². The molecule has 1 amide bonds. The number of pyridine rings is 1. The summed E-state index contributed by atoms with van der Waals surface area (Å²) in [5.41, 5.74) is 0.0252. The third-order valence-electron chi connectivity index (χ3n) is 3.83. The minimum atomic E-state index is -3.31. The Bertz CT molecular complexity index is 938. The van der Waals surface area contributed by atoms with Gasteiger partial charge < -0.3 is 4.90 Å².